The van der Waals surface area contributed by atoms with Crippen molar-refractivity contribution in [1.29, 1.82) is 0 Å². The Morgan fingerprint density at radius 1 is 1.26 bits per heavy atom. The van der Waals surface area contributed by atoms with Crippen LogP contribution < -0.4 is 4.74 Å². The van der Waals surface area contributed by atoms with Crippen molar-refractivity contribution in [2.75, 3.05) is 26.7 Å². The van der Waals surface area contributed by atoms with Gasteiger partial charge in [-0.05, 0) is 38.0 Å². The Morgan fingerprint density at radius 2 is 2.05 bits per heavy atom. The highest BCUT2D eigenvalue weighted by molar-refractivity contribution is 5.97. The van der Waals surface area contributed by atoms with E-state index in [1.54, 1.807) is 35.3 Å². The van der Waals surface area contributed by atoms with Gasteiger partial charge in [0.05, 0.1) is 25.6 Å². The number of carbonyl (C=O) groups is 2. The number of aromatic nitrogens is 2. The molecule has 2 aromatic heterocycles. The van der Waals surface area contributed by atoms with Crippen molar-refractivity contribution in [3.8, 4) is 17.7 Å². The SMILES string of the molecule is C[C@H]1CN([C@@H](C)CO)C(=O)c2cc(C#CC3CCCCC3)cnc2O[C@@H]1CN(C)C(=O)Cc1ccccn1. The number of carbonyl (C=O) groups excluding carboxylic acids is 2. The zero-order chi connectivity index (χ0) is 27.1. The lowest BCUT2D eigenvalue weighted by Gasteiger charge is -2.37. The number of aliphatic hydroxyl groups is 1. The minimum atomic E-state index is -0.403. The summed E-state index contributed by atoms with van der Waals surface area (Å²) >= 11 is 0. The second kappa shape index (κ2) is 12.9. The summed E-state index contributed by atoms with van der Waals surface area (Å²) in [6, 6.07) is 6.88. The Hall–Kier alpha value is -3.44. The number of fused-ring (bicyclic) bond motifs is 1. The van der Waals surface area contributed by atoms with E-state index in [0.29, 0.717) is 35.8 Å². The molecule has 0 bridgehead atoms. The van der Waals surface area contributed by atoms with Gasteiger partial charge in [0.1, 0.15) is 11.7 Å². The van der Waals surface area contributed by atoms with E-state index in [4.69, 9.17) is 4.74 Å². The van der Waals surface area contributed by atoms with Gasteiger partial charge in [0.25, 0.3) is 5.91 Å². The molecule has 8 heteroatoms. The van der Waals surface area contributed by atoms with E-state index in [1.165, 1.54) is 19.3 Å². The number of pyridine rings is 2. The lowest BCUT2D eigenvalue weighted by atomic mass is 9.90. The Bertz CT molecular complexity index is 1170. The average molecular weight is 519 g/mol. The van der Waals surface area contributed by atoms with Crippen molar-refractivity contribution in [2.45, 2.75) is 64.5 Å². The fourth-order valence-electron chi connectivity index (χ4n) is 4.99. The van der Waals surface area contributed by atoms with Gasteiger partial charge in [0.15, 0.2) is 0 Å². The molecule has 1 saturated carbocycles. The molecule has 0 radical (unpaired) electrons. The molecule has 3 atom stereocenters. The van der Waals surface area contributed by atoms with Crippen LogP contribution in [-0.4, -0.2) is 75.6 Å². The molecule has 0 spiro atoms. The van der Waals surface area contributed by atoms with Gasteiger partial charge >= 0.3 is 0 Å². The predicted octanol–water partition coefficient (Wildman–Crippen LogP) is 3.33. The van der Waals surface area contributed by atoms with Crippen LogP contribution in [0.25, 0.3) is 0 Å². The highest BCUT2D eigenvalue weighted by atomic mass is 16.5. The first-order valence-corrected chi connectivity index (χ1v) is 13.6. The van der Waals surface area contributed by atoms with Crippen LogP contribution in [0.15, 0.2) is 36.7 Å². The van der Waals surface area contributed by atoms with Gasteiger partial charge < -0.3 is 19.6 Å². The molecular formula is C30H38N4O4. The van der Waals surface area contributed by atoms with E-state index in [0.717, 1.165) is 12.8 Å². The molecule has 38 heavy (non-hydrogen) atoms. The van der Waals surface area contributed by atoms with Gasteiger partial charge in [0, 0.05) is 49.1 Å². The summed E-state index contributed by atoms with van der Waals surface area (Å²) in [4.78, 5) is 38.6. The van der Waals surface area contributed by atoms with Crippen LogP contribution in [0.4, 0.5) is 0 Å². The normalized spacial score (nSPS) is 20.7. The minimum Gasteiger partial charge on any atom is -0.472 e. The highest BCUT2D eigenvalue weighted by Crippen LogP contribution is 2.28. The summed E-state index contributed by atoms with van der Waals surface area (Å²) in [5.74, 6) is 6.78. The summed E-state index contributed by atoms with van der Waals surface area (Å²) in [5, 5.41) is 9.89. The number of nitrogens with zero attached hydrogens (tertiary/aromatic N) is 4. The van der Waals surface area contributed by atoms with E-state index in [9.17, 15) is 14.7 Å². The quantitative estimate of drug-likeness (QED) is 0.590. The van der Waals surface area contributed by atoms with Crippen molar-refractivity contribution >= 4 is 11.8 Å². The number of hydrogen-bond donors (Lipinski definition) is 1. The third-order valence-electron chi connectivity index (χ3n) is 7.48. The molecule has 0 aromatic carbocycles. The van der Waals surface area contributed by atoms with Crippen LogP contribution in [0.1, 0.15) is 67.6 Å². The molecule has 2 aromatic rings. The maximum atomic E-state index is 13.6. The van der Waals surface area contributed by atoms with Crippen LogP contribution in [0, 0.1) is 23.7 Å². The number of aliphatic hydroxyl groups excluding tert-OH is 1. The molecule has 8 nitrogen and oxygen atoms in total. The minimum absolute atomic E-state index is 0.0697. The Balaban J connectivity index is 1.57. The van der Waals surface area contributed by atoms with Gasteiger partial charge in [-0.1, -0.05) is 44.1 Å². The first kappa shape index (κ1) is 27.6. The molecular weight excluding hydrogens is 480 g/mol. The molecule has 1 aliphatic heterocycles. The maximum Gasteiger partial charge on any atom is 0.259 e. The molecule has 0 unspecified atom stereocenters. The van der Waals surface area contributed by atoms with E-state index in [-0.39, 0.29) is 42.7 Å². The van der Waals surface area contributed by atoms with Crippen LogP contribution in [-0.2, 0) is 11.2 Å². The Labute approximate surface area is 225 Å². The second-order valence-corrected chi connectivity index (χ2v) is 10.6. The first-order chi connectivity index (χ1) is 18.4. The molecule has 0 saturated heterocycles. The van der Waals surface area contributed by atoms with Gasteiger partial charge in [-0.3, -0.25) is 14.6 Å². The highest BCUT2D eigenvalue weighted by Gasteiger charge is 2.34. The Kier molecular flexibility index (Phi) is 9.35. The molecule has 2 amide bonds. The Morgan fingerprint density at radius 3 is 2.76 bits per heavy atom. The summed E-state index contributed by atoms with van der Waals surface area (Å²) in [5.41, 5.74) is 1.72. The van der Waals surface area contributed by atoms with Crippen molar-refractivity contribution in [1.82, 2.24) is 19.8 Å². The van der Waals surface area contributed by atoms with E-state index < -0.39 is 6.10 Å². The molecule has 1 N–H and O–H groups in total. The fourth-order valence-corrected chi connectivity index (χ4v) is 4.99. The lowest BCUT2D eigenvalue weighted by molar-refractivity contribution is -0.130. The predicted molar refractivity (Wildman–Crippen MR) is 144 cm³/mol. The van der Waals surface area contributed by atoms with Crippen molar-refractivity contribution in [2.24, 2.45) is 11.8 Å². The van der Waals surface area contributed by atoms with E-state index in [2.05, 4.69) is 21.8 Å². The summed E-state index contributed by atoms with van der Waals surface area (Å²) < 4.78 is 6.32. The number of hydrogen-bond acceptors (Lipinski definition) is 6. The number of amides is 2. The standard InChI is InChI=1S/C30H38N4O4/c1-21-18-34(22(2)20-35)30(37)26-15-24(13-12-23-9-5-4-6-10-23)17-32-29(26)38-27(21)19-33(3)28(36)16-25-11-7-8-14-31-25/h7-8,11,14-15,17,21-23,27,35H,4-6,9-10,16,18-20H2,1-3H3/t21-,22-,27+/m0/s1. The van der Waals surface area contributed by atoms with Crippen LogP contribution >= 0.6 is 0 Å². The van der Waals surface area contributed by atoms with E-state index in [1.807, 2.05) is 32.0 Å². The van der Waals surface area contributed by atoms with E-state index >= 15 is 0 Å². The van der Waals surface area contributed by atoms with Crippen molar-refractivity contribution in [3.05, 3.63) is 53.5 Å². The van der Waals surface area contributed by atoms with Crippen molar-refractivity contribution < 1.29 is 19.4 Å². The maximum absolute atomic E-state index is 13.6. The monoisotopic (exact) mass is 518 g/mol. The summed E-state index contributed by atoms with van der Waals surface area (Å²) in [6.07, 6.45) is 9.03. The van der Waals surface area contributed by atoms with Gasteiger partial charge in [-0.15, -0.1) is 0 Å². The molecule has 1 fully saturated rings. The smallest absolute Gasteiger partial charge is 0.259 e. The zero-order valence-electron chi connectivity index (χ0n) is 22.6. The first-order valence-electron chi connectivity index (χ1n) is 13.6. The van der Waals surface area contributed by atoms with Gasteiger partial charge in [0.2, 0.25) is 11.8 Å². The van der Waals surface area contributed by atoms with Crippen molar-refractivity contribution in [3.63, 3.8) is 0 Å². The third kappa shape index (κ3) is 6.90. The van der Waals surface area contributed by atoms with Gasteiger partial charge in [-0.2, -0.15) is 0 Å². The van der Waals surface area contributed by atoms with Gasteiger partial charge in [-0.25, -0.2) is 4.98 Å². The largest absolute Gasteiger partial charge is 0.472 e. The zero-order valence-corrected chi connectivity index (χ0v) is 22.6. The average Bonchev–Trinajstić information content (AvgIpc) is 2.94. The number of ether oxygens (including phenoxy) is 1. The van der Waals surface area contributed by atoms with Crippen LogP contribution in [0.3, 0.4) is 0 Å². The summed E-state index contributed by atoms with van der Waals surface area (Å²) in [6.45, 7) is 4.36. The molecule has 202 valence electrons. The third-order valence-corrected chi connectivity index (χ3v) is 7.48. The van der Waals surface area contributed by atoms with Crippen LogP contribution in [0.2, 0.25) is 0 Å². The number of rotatable bonds is 6. The second-order valence-electron chi connectivity index (χ2n) is 10.6. The molecule has 4 rings (SSSR count). The number of likely N-dealkylation sites (N-methyl/N-ethyl adjacent to an activating group) is 1. The lowest BCUT2D eigenvalue weighted by Crippen LogP contribution is -2.50. The fraction of sp³-hybridized carbons (Fsp3) is 0.533. The molecule has 1 aliphatic carbocycles. The topological polar surface area (TPSA) is 95.9 Å². The molecule has 2 aliphatic rings. The molecule has 3 heterocycles. The summed E-state index contributed by atoms with van der Waals surface area (Å²) in [7, 11) is 1.75. The van der Waals surface area contributed by atoms with Crippen LogP contribution in [0.5, 0.6) is 5.88 Å².